The van der Waals surface area contributed by atoms with E-state index in [1.165, 1.54) is 7.11 Å². The molecular formula is C14H23NO4. The molecule has 2 N–H and O–H groups in total. The molecule has 1 aromatic rings. The molecule has 0 aliphatic carbocycles. The molecule has 5 heteroatoms. The van der Waals surface area contributed by atoms with Gasteiger partial charge in [-0.1, -0.05) is 19.9 Å². The van der Waals surface area contributed by atoms with Crippen molar-refractivity contribution in [3.8, 4) is 11.5 Å². The van der Waals surface area contributed by atoms with Crippen molar-refractivity contribution in [3.63, 3.8) is 0 Å². The number of methoxy groups -OCH3 is 3. The van der Waals surface area contributed by atoms with Gasteiger partial charge >= 0.3 is 5.97 Å². The second-order valence-electron chi connectivity index (χ2n) is 3.52. The van der Waals surface area contributed by atoms with Crippen molar-refractivity contribution in [2.45, 2.75) is 26.3 Å². The zero-order chi connectivity index (χ0) is 14.8. The number of nitrogens with two attached hydrogens (primary N) is 1. The van der Waals surface area contributed by atoms with Crippen LogP contribution < -0.4 is 15.2 Å². The lowest BCUT2D eigenvalue weighted by Gasteiger charge is -2.12. The Morgan fingerprint density at radius 1 is 1.16 bits per heavy atom. The minimum Gasteiger partial charge on any atom is -0.493 e. The number of hydrogen-bond donors (Lipinski definition) is 1. The molecule has 0 heterocycles. The first-order valence-corrected chi connectivity index (χ1v) is 6.16. The van der Waals surface area contributed by atoms with Gasteiger partial charge in [0.15, 0.2) is 11.5 Å². The van der Waals surface area contributed by atoms with E-state index in [4.69, 9.17) is 15.2 Å². The monoisotopic (exact) mass is 269 g/mol. The molecule has 1 rings (SSSR count). The number of rotatable bonds is 5. The highest BCUT2D eigenvalue weighted by Gasteiger charge is 2.15. The molecule has 0 amide bonds. The fourth-order valence-corrected chi connectivity index (χ4v) is 1.50. The van der Waals surface area contributed by atoms with E-state index in [0.717, 1.165) is 5.56 Å². The minimum atomic E-state index is -0.668. The standard InChI is InChI=1S/C12H17NO4.C2H6/c1-15-10-5-4-8(7-11(10)16-2)6-9(13)12(14)17-3;1-2/h4-5,7,9H,6,13H2,1-3H3;1-2H3/t9-;/m1./s1. The summed E-state index contributed by atoms with van der Waals surface area (Å²) >= 11 is 0. The summed E-state index contributed by atoms with van der Waals surface area (Å²) in [7, 11) is 4.44. The third-order valence-corrected chi connectivity index (χ3v) is 2.41. The predicted octanol–water partition coefficient (Wildman–Crippen LogP) is 1.77. The molecule has 0 saturated carbocycles. The lowest BCUT2D eigenvalue weighted by Crippen LogP contribution is -2.33. The van der Waals surface area contributed by atoms with Crippen LogP contribution in [0.25, 0.3) is 0 Å². The molecule has 0 fully saturated rings. The van der Waals surface area contributed by atoms with Crippen molar-refractivity contribution >= 4 is 5.97 Å². The van der Waals surface area contributed by atoms with E-state index in [9.17, 15) is 4.79 Å². The number of benzene rings is 1. The third kappa shape index (κ3) is 5.18. The Morgan fingerprint density at radius 2 is 1.74 bits per heavy atom. The van der Waals surface area contributed by atoms with Crippen molar-refractivity contribution in [1.82, 2.24) is 0 Å². The minimum absolute atomic E-state index is 0.396. The Morgan fingerprint density at radius 3 is 2.21 bits per heavy atom. The molecule has 0 aliphatic heterocycles. The van der Waals surface area contributed by atoms with Gasteiger partial charge in [0.1, 0.15) is 6.04 Å². The van der Waals surface area contributed by atoms with Crippen LogP contribution in [0.4, 0.5) is 0 Å². The second-order valence-corrected chi connectivity index (χ2v) is 3.52. The van der Waals surface area contributed by atoms with E-state index >= 15 is 0 Å². The zero-order valence-corrected chi connectivity index (χ0v) is 12.2. The Bertz CT molecular complexity index is 393. The molecule has 19 heavy (non-hydrogen) atoms. The molecule has 0 unspecified atom stereocenters. The van der Waals surface area contributed by atoms with Crippen LogP contribution in [0.3, 0.4) is 0 Å². The van der Waals surface area contributed by atoms with Crippen molar-refractivity contribution in [2.24, 2.45) is 5.73 Å². The van der Waals surface area contributed by atoms with Crippen LogP contribution in [0.1, 0.15) is 19.4 Å². The van der Waals surface area contributed by atoms with E-state index in [1.807, 2.05) is 19.9 Å². The van der Waals surface area contributed by atoms with Crippen LogP contribution in [0, 0.1) is 0 Å². The number of carbonyl (C=O) groups excluding carboxylic acids is 1. The number of ether oxygens (including phenoxy) is 3. The molecule has 0 aliphatic rings. The number of carbonyl (C=O) groups is 1. The molecule has 0 aromatic heterocycles. The maximum Gasteiger partial charge on any atom is 0.322 e. The van der Waals surface area contributed by atoms with Gasteiger partial charge in [-0.2, -0.15) is 0 Å². The summed E-state index contributed by atoms with van der Waals surface area (Å²) in [6.07, 6.45) is 0.396. The Kier molecular flexibility index (Phi) is 8.37. The van der Waals surface area contributed by atoms with Crippen molar-refractivity contribution in [2.75, 3.05) is 21.3 Å². The van der Waals surface area contributed by atoms with Gasteiger partial charge < -0.3 is 19.9 Å². The van der Waals surface area contributed by atoms with Gasteiger partial charge in [-0.05, 0) is 24.1 Å². The SMILES string of the molecule is CC.COC(=O)[C@H](N)Cc1ccc(OC)c(OC)c1. The summed E-state index contributed by atoms with van der Waals surface area (Å²) in [5.41, 5.74) is 6.56. The lowest BCUT2D eigenvalue weighted by atomic mass is 10.1. The smallest absolute Gasteiger partial charge is 0.322 e. The summed E-state index contributed by atoms with van der Waals surface area (Å²) < 4.78 is 14.8. The Hall–Kier alpha value is -1.75. The Balaban J connectivity index is 0.00000154. The normalized spacial score (nSPS) is 10.8. The van der Waals surface area contributed by atoms with Gasteiger partial charge in [-0.25, -0.2) is 0 Å². The average Bonchev–Trinajstić information content (AvgIpc) is 2.48. The van der Waals surface area contributed by atoms with E-state index in [-0.39, 0.29) is 0 Å². The first-order chi connectivity index (χ1) is 9.12. The maximum absolute atomic E-state index is 11.2. The molecule has 0 bridgehead atoms. The van der Waals surface area contributed by atoms with E-state index in [0.29, 0.717) is 17.9 Å². The Labute approximate surface area is 114 Å². The van der Waals surface area contributed by atoms with Crippen molar-refractivity contribution in [3.05, 3.63) is 23.8 Å². The first kappa shape index (κ1) is 17.2. The summed E-state index contributed by atoms with van der Waals surface area (Å²) in [6, 6.07) is 4.74. The quantitative estimate of drug-likeness (QED) is 0.825. The zero-order valence-electron chi connectivity index (χ0n) is 12.2. The fourth-order valence-electron chi connectivity index (χ4n) is 1.50. The molecule has 1 aromatic carbocycles. The van der Waals surface area contributed by atoms with Crippen LogP contribution in [-0.4, -0.2) is 33.3 Å². The van der Waals surface area contributed by atoms with Crippen LogP contribution in [0.15, 0.2) is 18.2 Å². The van der Waals surface area contributed by atoms with E-state index in [1.54, 1.807) is 26.4 Å². The molecule has 0 radical (unpaired) electrons. The van der Waals surface area contributed by atoms with Gasteiger partial charge in [-0.3, -0.25) is 4.79 Å². The highest BCUT2D eigenvalue weighted by molar-refractivity contribution is 5.75. The fraction of sp³-hybridized carbons (Fsp3) is 0.500. The predicted molar refractivity (Wildman–Crippen MR) is 74.6 cm³/mol. The number of hydrogen-bond acceptors (Lipinski definition) is 5. The molecule has 1 atom stereocenters. The van der Waals surface area contributed by atoms with Crippen LogP contribution in [0.5, 0.6) is 11.5 Å². The van der Waals surface area contributed by atoms with Crippen LogP contribution in [0.2, 0.25) is 0 Å². The van der Waals surface area contributed by atoms with Crippen LogP contribution >= 0.6 is 0 Å². The maximum atomic E-state index is 11.2. The van der Waals surface area contributed by atoms with Crippen molar-refractivity contribution in [1.29, 1.82) is 0 Å². The first-order valence-electron chi connectivity index (χ1n) is 6.16. The highest BCUT2D eigenvalue weighted by atomic mass is 16.5. The molecular weight excluding hydrogens is 246 g/mol. The van der Waals surface area contributed by atoms with Gasteiger partial charge in [0, 0.05) is 0 Å². The van der Waals surface area contributed by atoms with Gasteiger partial charge in [0.05, 0.1) is 21.3 Å². The topological polar surface area (TPSA) is 70.8 Å². The van der Waals surface area contributed by atoms with Gasteiger partial charge in [-0.15, -0.1) is 0 Å². The average molecular weight is 269 g/mol. The lowest BCUT2D eigenvalue weighted by molar-refractivity contribution is -0.142. The summed E-state index contributed by atoms with van der Waals surface area (Å²) in [6.45, 7) is 4.00. The molecule has 0 spiro atoms. The van der Waals surface area contributed by atoms with E-state index in [2.05, 4.69) is 4.74 Å². The largest absolute Gasteiger partial charge is 0.493 e. The summed E-state index contributed by atoms with van der Waals surface area (Å²) in [5.74, 6) is 0.824. The summed E-state index contributed by atoms with van der Waals surface area (Å²) in [5, 5.41) is 0. The highest BCUT2D eigenvalue weighted by Crippen LogP contribution is 2.27. The van der Waals surface area contributed by atoms with Crippen molar-refractivity contribution < 1.29 is 19.0 Å². The third-order valence-electron chi connectivity index (χ3n) is 2.41. The van der Waals surface area contributed by atoms with E-state index < -0.39 is 12.0 Å². The van der Waals surface area contributed by atoms with Gasteiger partial charge in [0.25, 0.3) is 0 Å². The van der Waals surface area contributed by atoms with Crippen LogP contribution in [-0.2, 0) is 16.0 Å². The number of esters is 1. The molecule has 0 saturated heterocycles. The van der Waals surface area contributed by atoms with Gasteiger partial charge in [0.2, 0.25) is 0 Å². The molecule has 108 valence electrons. The second kappa shape index (κ2) is 9.22. The molecule has 5 nitrogen and oxygen atoms in total. The summed E-state index contributed by atoms with van der Waals surface area (Å²) in [4.78, 5) is 11.2.